The first-order valence-electron chi connectivity index (χ1n) is 10.4. The molecule has 0 radical (unpaired) electrons. The average Bonchev–Trinajstić information content (AvgIpc) is 2.87. The molecule has 0 atom stereocenters. The molecule has 184 valence electrons. The first-order chi connectivity index (χ1) is 16.5. The summed E-state index contributed by atoms with van der Waals surface area (Å²) < 4.78 is 30.8. The highest BCUT2D eigenvalue weighted by molar-refractivity contribution is 7.24. The number of hydrogen-bond acceptors (Lipinski definition) is 10. The minimum atomic E-state index is -0.459. The van der Waals surface area contributed by atoms with Crippen molar-refractivity contribution < 1.29 is 38.0 Å². The number of fused-ring (bicyclic) bond motifs is 2. The molecule has 0 N–H and O–H groups in total. The van der Waals surface area contributed by atoms with Gasteiger partial charge in [0.25, 0.3) is 0 Å². The van der Waals surface area contributed by atoms with Gasteiger partial charge in [0.2, 0.25) is 0 Å². The molecule has 9 nitrogen and oxygen atoms in total. The van der Waals surface area contributed by atoms with Crippen LogP contribution in [0.4, 0.5) is 0 Å². The van der Waals surface area contributed by atoms with E-state index in [4.69, 9.17) is 18.9 Å². The summed E-state index contributed by atoms with van der Waals surface area (Å²) in [5.41, 5.74) is -0.0251. The van der Waals surface area contributed by atoms with Gasteiger partial charge in [-0.3, -0.25) is 4.79 Å². The number of carbonyl (C=O) groups excluding carboxylic acids is 2. The summed E-state index contributed by atoms with van der Waals surface area (Å²) in [5.74, 6) is -0.358. The highest BCUT2D eigenvalue weighted by Gasteiger charge is 2.08. The predicted octanol–water partition coefficient (Wildman–Crippen LogP) is 2.81. The molecule has 2 aromatic carbocycles. The first-order valence-corrected chi connectivity index (χ1v) is 11.2. The Balaban J connectivity index is 0.000000273. The fraction of sp³-hybridized carbons (Fsp3) is 0.375. The Hall–Kier alpha value is -3.05. The molecule has 0 bridgehead atoms. The third-order valence-electron chi connectivity index (χ3n) is 4.38. The lowest BCUT2D eigenvalue weighted by atomic mass is 10.2. The van der Waals surface area contributed by atoms with E-state index in [1.165, 1.54) is 14.2 Å². The van der Waals surface area contributed by atoms with Crippen LogP contribution in [0.5, 0.6) is 5.75 Å². The summed E-state index contributed by atoms with van der Waals surface area (Å²) in [6.07, 6.45) is 0. The van der Waals surface area contributed by atoms with E-state index in [0.717, 1.165) is 9.40 Å². The number of methoxy groups -OCH3 is 3. The zero-order valence-electron chi connectivity index (χ0n) is 19.4. The van der Waals surface area contributed by atoms with E-state index in [-0.39, 0.29) is 24.6 Å². The maximum Gasteiger partial charge on any atom is 0.343 e. The number of esters is 2. The van der Waals surface area contributed by atoms with Crippen molar-refractivity contribution in [2.24, 2.45) is 0 Å². The minimum absolute atomic E-state index is 0.0237. The van der Waals surface area contributed by atoms with E-state index in [1.807, 2.05) is 30.3 Å². The monoisotopic (exact) mass is 492 g/mol. The molecule has 3 aromatic rings. The smallest absolute Gasteiger partial charge is 0.343 e. The van der Waals surface area contributed by atoms with Gasteiger partial charge in [0.15, 0.2) is 12.0 Å². The molecular weight excluding hydrogens is 464 g/mol. The van der Waals surface area contributed by atoms with Crippen LogP contribution in [0.1, 0.15) is 0 Å². The molecule has 0 aliphatic carbocycles. The van der Waals surface area contributed by atoms with Gasteiger partial charge in [0.05, 0.1) is 40.6 Å². The quantitative estimate of drug-likeness (QED) is 0.227. The van der Waals surface area contributed by atoms with Gasteiger partial charge in [-0.25, -0.2) is 9.59 Å². The summed E-state index contributed by atoms with van der Waals surface area (Å²) in [7, 11) is 4.23. The van der Waals surface area contributed by atoms with Gasteiger partial charge >= 0.3 is 11.9 Å². The number of hydrogen-bond donors (Lipinski definition) is 0. The normalized spacial score (nSPS) is 10.4. The van der Waals surface area contributed by atoms with E-state index >= 15 is 0 Å². The second-order valence-corrected chi connectivity index (χ2v) is 7.77. The number of benzene rings is 2. The molecule has 0 saturated heterocycles. The lowest BCUT2D eigenvalue weighted by Crippen LogP contribution is -2.14. The fourth-order valence-electron chi connectivity index (χ4n) is 2.65. The predicted molar refractivity (Wildman–Crippen MR) is 129 cm³/mol. The summed E-state index contributed by atoms with van der Waals surface area (Å²) >= 11 is 1.56. The van der Waals surface area contributed by atoms with Gasteiger partial charge in [-0.15, -0.1) is 11.3 Å². The Kier molecular flexibility index (Phi) is 12.0. The van der Waals surface area contributed by atoms with Crippen LogP contribution in [0, 0.1) is 0 Å². The molecule has 0 unspecified atom stereocenters. The summed E-state index contributed by atoms with van der Waals surface area (Å²) in [5, 5.41) is 1.29. The Morgan fingerprint density at radius 1 is 0.765 bits per heavy atom. The average molecular weight is 493 g/mol. The first kappa shape index (κ1) is 27.2. The minimum Gasteiger partial charge on any atom is -0.482 e. The van der Waals surface area contributed by atoms with Crippen LogP contribution in [0.3, 0.4) is 0 Å². The molecule has 0 fully saturated rings. The fourth-order valence-corrected chi connectivity index (χ4v) is 3.70. The standard InChI is InChI=1S/C16H12O4S.C8H16O5/c1-19-15(17)9-20-10-6-7-14-12(8-10)16(18)11-4-2-3-5-13(11)21-14;1-10-3-4-12-5-6-13-7-8(9)11-2/h2-8H,9H2,1H3;3-7H2,1-2H3. The third-order valence-corrected chi connectivity index (χ3v) is 5.53. The van der Waals surface area contributed by atoms with Crippen LogP contribution in [-0.4, -0.2) is 72.9 Å². The maximum atomic E-state index is 12.5. The lowest BCUT2D eigenvalue weighted by molar-refractivity contribution is -0.146. The second kappa shape index (κ2) is 15.0. The van der Waals surface area contributed by atoms with Crippen LogP contribution >= 0.6 is 11.3 Å². The van der Waals surface area contributed by atoms with Crippen molar-refractivity contribution >= 4 is 43.4 Å². The summed E-state index contributed by atoms with van der Waals surface area (Å²) in [6, 6.07) is 12.8. The lowest BCUT2D eigenvalue weighted by Gasteiger charge is -2.06. The van der Waals surface area contributed by atoms with Gasteiger partial charge in [-0.1, -0.05) is 12.1 Å². The molecule has 0 saturated carbocycles. The van der Waals surface area contributed by atoms with Crippen LogP contribution in [0.15, 0.2) is 47.3 Å². The molecule has 0 spiro atoms. The molecule has 0 aliphatic rings. The van der Waals surface area contributed by atoms with Gasteiger partial charge in [-0.05, 0) is 30.3 Å². The molecule has 3 rings (SSSR count). The third kappa shape index (κ3) is 8.71. The van der Waals surface area contributed by atoms with Crippen molar-refractivity contribution in [3.8, 4) is 5.75 Å². The van der Waals surface area contributed by atoms with Crippen LogP contribution in [0.2, 0.25) is 0 Å². The Bertz CT molecular complexity index is 1130. The number of ether oxygens (including phenoxy) is 6. The molecule has 10 heteroatoms. The van der Waals surface area contributed by atoms with E-state index < -0.39 is 5.97 Å². The van der Waals surface area contributed by atoms with Crippen molar-refractivity contribution in [1.29, 1.82) is 0 Å². The SMILES string of the molecule is COC(=O)COc1ccc2sc3ccccc3c(=O)c2c1.COCCOCCOCC(=O)OC. The molecule has 34 heavy (non-hydrogen) atoms. The zero-order valence-corrected chi connectivity index (χ0v) is 20.2. The Morgan fingerprint density at radius 3 is 2.15 bits per heavy atom. The topological polar surface area (TPSA) is 107 Å². The van der Waals surface area contributed by atoms with E-state index in [0.29, 0.717) is 42.9 Å². The molecular formula is C24H28O9S. The van der Waals surface area contributed by atoms with Crippen molar-refractivity contribution in [3.63, 3.8) is 0 Å². The Labute approximate surface area is 201 Å². The number of rotatable bonds is 11. The molecule has 1 heterocycles. The number of carbonyl (C=O) groups is 2. The van der Waals surface area contributed by atoms with Crippen LogP contribution < -0.4 is 10.2 Å². The maximum absolute atomic E-state index is 12.5. The summed E-state index contributed by atoms with van der Waals surface area (Å²) in [4.78, 5) is 34.1. The van der Waals surface area contributed by atoms with E-state index in [1.54, 1.807) is 30.6 Å². The summed E-state index contributed by atoms with van der Waals surface area (Å²) in [6.45, 7) is 1.76. The zero-order chi connectivity index (χ0) is 24.8. The van der Waals surface area contributed by atoms with Crippen LogP contribution in [-0.2, 0) is 33.3 Å². The van der Waals surface area contributed by atoms with Gasteiger partial charge < -0.3 is 28.4 Å². The van der Waals surface area contributed by atoms with Crippen molar-refractivity contribution in [3.05, 3.63) is 52.7 Å². The van der Waals surface area contributed by atoms with Crippen molar-refractivity contribution in [2.45, 2.75) is 0 Å². The van der Waals surface area contributed by atoms with E-state index in [2.05, 4.69) is 9.47 Å². The highest BCUT2D eigenvalue weighted by atomic mass is 32.1. The highest BCUT2D eigenvalue weighted by Crippen LogP contribution is 2.27. The molecule has 1 aromatic heterocycles. The van der Waals surface area contributed by atoms with Crippen LogP contribution in [0.25, 0.3) is 20.2 Å². The largest absolute Gasteiger partial charge is 0.482 e. The van der Waals surface area contributed by atoms with Gasteiger partial charge in [-0.2, -0.15) is 0 Å². The molecule has 0 aliphatic heterocycles. The molecule has 0 amide bonds. The Morgan fingerprint density at radius 2 is 1.41 bits per heavy atom. The van der Waals surface area contributed by atoms with Crippen molar-refractivity contribution in [2.75, 3.05) is 61.0 Å². The van der Waals surface area contributed by atoms with Crippen molar-refractivity contribution in [1.82, 2.24) is 0 Å². The van der Waals surface area contributed by atoms with Gasteiger partial charge in [0.1, 0.15) is 12.4 Å². The second-order valence-electron chi connectivity index (χ2n) is 6.68. The van der Waals surface area contributed by atoms with Gasteiger partial charge in [0, 0.05) is 27.3 Å². The van der Waals surface area contributed by atoms with E-state index in [9.17, 15) is 14.4 Å².